The normalized spacial score (nSPS) is 40.5. The molecule has 0 aromatic carbocycles. The summed E-state index contributed by atoms with van der Waals surface area (Å²) in [6.45, 7) is 17.2. The van der Waals surface area contributed by atoms with Crippen molar-refractivity contribution in [3.63, 3.8) is 0 Å². The minimum Gasteiger partial charge on any atom is -0.343 e. The van der Waals surface area contributed by atoms with Crippen molar-refractivity contribution >= 4 is 27.5 Å². The fourth-order valence-electron chi connectivity index (χ4n) is 12.9. The van der Waals surface area contributed by atoms with Crippen LogP contribution in [0.2, 0.25) is 0 Å². The number of carbonyl (C=O) groups excluding carboxylic acids is 1. The third-order valence-electron chi connectivity index (χ3n) is 16.4. The SMILES string of the molecule is CCC(CCC(C)[C@H]1CC[C@H]2[C@@H]3CC=C4C[C@@H](SSCCC(=O)N(CCC5CC(N)C5)CCC5CC(N)C5)CC[C@]4(C)[C@H]3CC[C@]12C)C(C)C. The van der Waals surface area contributed by atoms with E-state index in [4.69, 9.17) is 11.5 Å². The maximum absolute atomic E-state index is 13.4. The van der Waals surface area contributed by atoms with Crippen molar-refractivity contribution in [3.8, 4) is 0 Å². The fourth-order valence-corrected chi connectivity index (χ4v) is 15.5. The van der Waals surface area contributed by atoms with Gasteiger partial charge in [-0.25, -0.2) is 0 Å². The molecular formula is C44H77N3OS2. The number of rotatable bonds is 17. The van der Waals surface area contributed by atoms with E-state index in [1.807, 2.05) is 16.4 Å². The molecule has 5 fully saturated rings. The van der Waals surface area contributed by atoms with Crippen LogP contribution >= 0.6 is 21.6 Å². The smallest absolute Gasteiger partial charge is 0.223 e. The zero-order valence-corrected chi connectivity index (χ0v) is 34.8. The Morgan fingerprint density at radius 2 is 1.60 bits per heavy atom. The van der Waals surface area contributed by atoms with Crippen LogP contribution in [0.1, 0.15) is 157 Å². The van der Waals surface area contributed by atoms with E-state index < -0.39 is 0 Å². The van der Waals surface area contributed by atoms with Gasteiger partial charge >= 0.3 is 0 Å². The Labute approximate surface area is 316 Å². The van der Waals surface area contributed by atoms with Gasteiger partial charge in [-0.15, -0.1) is 0 Å². The minimum atomic E-state index is 0.371. The molecule has 0 saturated heterocycles. The van der Waals surface area contributed by atoms with Gasteiger partial charge in [0.25, 0.3) is 0 Å². The number of hydrogen-bond acceptors (Lipinski definition) is 5. The summed E-state index contributed by atoms with van der Waals surface area (Å²) in [5, 5.41) is 0.705. The van der Waals surface area contributed by atoms with Gasteiger partial charge in [0.1, 0.15) is 0 Å². The number of hydrogen-bond donors (Lipinski definition) is 2. The summed E-state index contributed by atoms with van der Waals surface area (Å²) in [5.74, 6) is 9.03. The highest BCUT2D eigenvalue weighted by Crippen LogP contribution is 2.68. The van der Waals surface area contributed by atoms with Crippen molar-refractivity contribution in [2.45, 2.75) is 174 Å². The number of nitrogens with two attached hydrogens (primary N) is 2. The van der Waals surface area contributed by atoms with Gasteiger partial charge in [0, 0.05) is 42.6 Å². The summed E-state index contributed by atoms with van der Waals surface area (Å²) < 4.78 is 0. The number of nitrogens with zero attached hydrogens (tertiary/aromatic N) is 1. The largest absolute Gasteiger partial charge is 0.343 e. The van der Waals surface area contributed by atoms with Crippen LogP contribution in [0, 0.1) is 64.1 Å². The Morgan fingerprint density at radius 3 is 2.22 bits per heavy atom. The number of amides is 1. The zero-order chi connectivity index (χ0) is 35.6. The summed E-state index contributed by atoms with van der Waals surface area (Å²) in [6.07, 6.45) is 25.7. The molecule has 6 rings (SSSR count). The highest BCUT2D eigenvalue weighted by Gasteiger charge is 2.59. The minimum absolute atomic E-state index is 0.371. The standard InChI is InChI=1S/C44H77N3OS2/c1-7-33(29(2)3)9-8-30(4)39-12-13-40-38-11-10-34-28-37(14-19-43(34,5)41(38)15-20-44(39,40)6)50-49-23-18-42(48)47(21-16-31-24-35(45)25-31)22-17-32-26-36(46)27-32/h10,29-33,35-41H,7-9,11-28,45-46H2,1-6H3/t30?,31?,32?,33?,35?,36?,37-,38-,39+,40-,41-,43-,44+/m0/s1. The average Bonchev–Trinajstić information content (AvgIpc) is 3.42. The summed E-state index contributed by atoms with van der Waals surface area (Å²) in [6, 6.07) is 0.783. The number of allylic oxidation sites excluding steroid dienone is 2. The Bertz CT molecular complexity index is 1130. The van der Waals surface area contributed by atoms with Crippen molar-refractivity contribution in [3.05, 3.63) is 11.6 Å². The first kappa shape index (κ1) is 39.5. The lowest BCUT2D eigenvalue weighted by Crippen LogP contribution is -2.50. The van der Waals surface area contributed by atoms with Gasteiger partial charge < -0.3 is 16.4 Å². The van der Waals surface area contributed by atoms with Crippen LogP contribution in [-0.2, 0) is 4.79 Å². The predicted octanol–water partition coefficient (Wildman–Crippen LogP) is 10.9. The predicted molar refractivity (Wildman–Crippen MR) is 218 cm³/mol. The van der Waals surface area contributed by atoms with Crippen molar-refractivity contribution < 1.29 is 4.79 Å². The zero-order valence-electron chi connectivity index (χ0n) is 33.2. The highest BCUT2D eigenvalue weighted by atomic mass is 33.1. The Hall–Kier alpha value is -0.170. The van der Waals surface area contributed by atoms with E-state index in [1.54, 1.807) is 0 Å². The Balaban J connectivity index is 0.964. The molecular weight excluding hydrogens is 651 g/mol. The Kier molecular flexibility index (Phi) is 13.5. The summed E-state index contributed by atoms with van der Waals surface area (Å²) in [7, 11) is 4.08. The van der Waals surface area contributed by atoms with Crippen LogP contribution in [0.5, 0.6) is 0 Å². The van der Waals surface area contributed by atoms with Crippen molar-refractivity contribution in [1.82, 2.24) is 4.90 Å². The van der Waals surface area contributed by atoms with Crippen LogP contribution in [0.15, 0.2) is 11.6 Å². The fraction of sp³-hybridized carbons (Fsp3) is 0.932. The van der Waals surface area contributed by atoms with E-state index in [9.17, 15) is 4.79 Å². The highest BCUT2D eigenvalue weighted by molar-refractivity contribution is 8.76. The monoisotopic (exact) mass is 728 g/mol. The summed E-state index contributed by atoms with van der Waals surface area (Å²) in [4.78, 5) is 15.6. The lowest BCUT2D eigenvalue weighted by atomic mass is 9.47. The molecule has 0 spiro atoms. The lowest BCUT2D eigenvalue weighted by molar-refractivity contribution is -0.131. The van der Waals surface area contributed by atoms with E-state index in [0.717, 1.165) is 111 Å². The van der Waals surface area contributed by atoms with E-state index >= 15 is 0 Å². The van der Waals surface area contributed by atoms with Crippen LogP contribution in [-0.4, -0.2) is 47.0 Å². The number of carbonyl (C=O) groups is 1. The molecule has 6 heteroatoms. The van der Waals surface area contributed by atoms with Gasteiger partial charge in [-0.3, -0.25) is 4.79 Å². The van der Waals surface area contributed by atoms with Crippen molar-refractivity contribution in [2.75, 3.05) is 18.8 Å². The molecule has 286 valence electrons. The molecule has 50 heavy (non-hydrogen) atoms. The second-order valence-corrected chi connectivity index (χ2v) is 22.4. The average molecular weight is 728 g/mol. The molecule has 6 aliphatic rings. The van der Waals surface area contributed by atoms with Gasteiger partial charge in [0.05, 0.1) is 0 Å². The van der Waals surface area contributed by atoms with Crippen LogP contribution < -0.4 is 11.5 Å². The van der Waals surface area contributed by atoms with E-state index in [1.165, 1.54) is 70.6 Å². The Morgan fingerprint density at radius 1 is 0.920 bits per heavy atom. The molecule has 0 radical (unpaired) electrons. The third-order valence-corrected chi connectivity index (χ3v) is 19.3. The van der Waals surface area contributed by atoms with Gasteiger partial charge in [0.2, 0.25) is 5.91 Å². The van der Waals surface area contributed by atoms with E-state index in [0.29, 0.717) is 40.5 Å². The number of fused-ring (bicyclic) bond motifs is 5. The van der Waals surface area contributed by atoms with Crippen LogP contribution in [0.4, 0.5) is 0 Å². The summed E-state index contributed by atoms with van der Waals surface area (Å²) >= 11 is 0. The molecule has 1 amide bonds. The van der Waals surface area contributed by atoms with E-state index in [2.05, 4.69) is 63.3 Å². The maximum Gasteiger partial charge on any atom is 0.223 e. The van der Waals surface area contributed by atoms with Gasteiger partial charge in [0.15, 0.2) is 0 Å². The van der Waals surface area contributed by atoms with Gasteiger partial charge in [-0.05, 0) is 160 Å². The lowest BCUT2D eigenvalue weighted by Gasteiger charge is -2.58. The molecule has 0 bridgehead atoms. The van der Waals surface area contributed by atoms with Crippen molar-refractivity contribution in [1.29, 1.82) is 0 Å². The molecule has 0 aliphatic heterocycles. The second-order valence-electron chi connectivity index (χ2n) is 19.6. The quantitative estimate of drug-likeness (QED) is 0.0887. The molecule has 0 aromatic rings. The second kappa shape index (κ2) is 17.1. The molecule has 0 heterocycles. The van der Waals surface area contributed by atoms with E-state index in [-0.39, 0.29) is 0 Å². The van der Waals surface area contributed by atoms with Crippen LogP contribution in [0.3, 0.4) is 0 Å². The van der Waals surface area contributed by atoms with Gasteiger partial charge in [-0.1, -0.05) is 87.6 Å². The molecule has 0 aromatic heterocycles. The maximum atomic E-state index is 13.4. The summed E-state index contributed by atoms with van der Waals surface area (Å²) in [5.41, 5.74) is 14.9. The topological polar surface area (TPSA) is 72.3 Å². The van der Waals surface area contributed by atoms with Crippen LogP contribution in [0.25, 0.3) is 0 Å². The first-order chi connectivity index (χ1) is 23.9. The van der Waals surface area contributed by atoms with Gasteiger partial charge in [-0.2, -0.15) is 0 Å². The molecule has 6 aliphatic carbocycles. The molecule has 4 N–H and O–H groups in total. The molecule has 5 saturated carbocycles. The first-order valence-electron chi connectivity index (χ1n) is 21.7. The van der Waals surface area contributed by atoms with Crippen molar-refractivity contribution in [2.24, 2.45) is 75.6 Å². The molecule has 9 atom stereocenters. The molecule has 2 unspecified atom stereocenters. The molecule has 4 nitrogen and oxygen atoms in total. The first-order valence-corrected chi connectivity index (χ1v) is 24.1. The third kappa shape index (κ3) is 8.70.